The predicted octanol–water partition coefficient (Wildman–Crippen LogP) is 2.61. The second kappa shape index (κ2) is 13.1. The van der Waals surface area contributed by atoms with Crippen LogP contribution in [-0.4, -0.2) is 44.7 Å². The van der Waals surface area contributed by atoms with Crippen molar-refractivity contribution in [2.45, 2.75) is 73.1 Å². The third kappa shape index (κ3) is 14.1. The topological polar surface area (TPSA) is 93.5 Å². The molecule has 0 aromatic rings. The number of carbonyl (C=O) groups excluding carboxylic acids is 2. The van der Waals surface area contributed by atoms with Gasteiger partial charge in [-0.15, -0.1) is 0 Å². The van der Waals surface area contributed by atoms with E-state index in [0.717, 1.165) is 32.3 Å². The summed E-state index contributed by atoms with van der Waals surface area (Å²) in [4.78, 5) is 23.3. The molecule has 0 aliphatic heterocycles. The Morgan fingerprint density at radius 2 is 1.42 bits per heavy atom. The van der Waals surface area contributed by atoms with Crippen molar-refractivity contribution in [2.24, 2.45) is 16.6 Å². The highest BCUT2D eigenvalue weighted by Crippen LogP contribution is 2.24. The van der Waals surface area contributed by atoms with Gasteiger partial charge in [0.15, 0.2) is 0 Å². The molecule has 4 N–H and O–H groups in total. The van der Waals surface area contributed by atoms with E-state index in [0.29, 0.717) is 39.1 Å². The highest BCUT2D eigenvalue weighted by molar-refractivity contribution is 5.76. The molecule has 2 amide bonds. The van der Waals surface area contributed by atoms with Gasteiger partial charge in [-0.25, -0.2) is 0 Å². The molecule has 0 unspecified atom stereocenters. The number of nitrogens with two attached hydrogens (primary N) is 1. The van der Waals surface area contributed by atoms with Crippen LogP contribution in [0.4, 0.5) is 0 Å². The normalized spacial score (nSPS) is 12.1. The van der Waals surface area contributed by atoms with E-state index >= 15 is 0 Å². The van der Waals surface area contributed by atoms with Crippen molar-refractivity contribution in [2.75, 3.05) is 32.8 Å². The molecule has 0 fully saturated rings. The monoisotopic (exact) mass is 371 g/mol. The number of hydrogen-bond acceptors (Lipinski definition) is 4. The number of unbranched alkanes of at least 4 members (excludes halogenated alkanes) is 2. The fourth-order valence-corrected chi connectivity index (χ4v) is 2.36. The standard InChI is InChI=1S/C20H41N3O3/c1-6-19(2,3)15-26-16-20(4,5)14-18(25)23-13-9-7-8-12-22-17(24)10-11-21/h6-16,21H2,1-5H3,(H,22,24)(H,23,25). The second-order valence-electron chi connectivity index (χ2n) is 8.65. The van der Waals surface area contributed by atoms with E-state index < -0.39 is 0 Å². The Morgan fingerprint density at radius 3 is 1.96 bits per heavy atom. The maximum Gasteiger partial charge on any atom is 0.221 e. The van der Waals surface area contributed by atoms with Gasteiger partial charge in [0, 0.05) is 32.5 Å². The minimum absolute atomic E-state index is 0.00702. The molecule has 0 saturated carbocycles. The number of nitrogens with one attached hydrogen (secondary N) is 2. The Labute approximate surface area is 160 Å². The molecule has 0 aliphatic carbocycles. The first kappa shape index (κ1) is 24.9. The summed E-state index contributed by atoms with van der Waals surface area (Å²) < 4.78 is 5.84. The van der Waals surface area contributed by atoms with Crippen LogP contribution in [-0.2, 0) is 14.3 Å². The maximum atomic E-state index is 12.1. The van der Waals surface area contributed by atoms with Gasteiger partial charge in [-0.05, 0) is 36.5 Å². The lowest BCUT2D eigenvalue weighted by Gasteiger charge is -2.28. The summed E-state index contributed by atoms with van der Waals surface area (Å²) in [5.74, 6) is 0.0807. The number of amides is 2. The lowest BCUT2D eigenvalue weighted by molar-refractivity contribution is -0.124. The van der Waals surface area contributed by atoms with Crippen LogP contribution < -0.4 is 16.4 Å². The van der Waals surface area contributed by atoms with Crippen molar-refractivity contribution < 1.29 is 14.3 Å². The quantitative estimate of drug-likeness (QED) is 0.386. The highest BCUT2D eigenvalue weighted by atomic mass is 16.5. The van der Waals surface area contributed by atoms with Gasteiger partial charge in [0.2, 0.25) is 11.8 Å². The van der Waals surface area contributed by atoms with Crippen molar-refractivity contribution in [3.05, 3.63) is 0 Å². The second-order valence-corrected chi connectivity index (χ2v) is 8.65. The lowest BCUT2D eigenvalue weighted by Crippen LogP contribution is -2.33. The highest BCUT2D eigenvalue weighted by Gasteiger charge is 2.24. The van der Waals surface area contributed by atoms with Crippen molar-refractivity contribution in [3.8, 4) is 0 Å². The van der Waals surface area contributed by atoms with Gasteiger partial charge in [0.25, 0.3) is 0 Å². The molecule has 0 aliphatic rings. The van der Waals surface area contributed by atoms with E-state index in [4.69, 9.17) is 10.5 Å². The molecule has 6 heteroatoms. The van der Waals surface area contributed by atoms with Gasteiger partial charge in [0.1, 0.15) is 0 Å². The lowest BCUT2D eigenvalue weighted by atomic mass is 9.89. The van der Waals surface area contributed by atoms with Crippen LogP contribution in [0.25, 0.3) is 0 Å². The largest absolute Gasteiger partial charge is 0.380 e. The molecule has 154 valence electrons. The van der Waals surface area contributed by atoms with E-state index in [1.165, 1.54) is 0 Å². The number of rotatable bonds is 15. The van der Waals surface area contributed by atoms with Crippen molar-refractivity contribution >= 4 is 11.8 Å². The zero-order chi connectivity index (χ0) is 20.1. The predicted molar refractivity (Wildman–Crippen MR) is 107 cm³/mol. The Morgan fingerprint density at radius 1 is 0.885 bits per heavy atom. The van der Waals surface area contributed by atoms with E-state index in [1.54, 1.807) is 0 Å². The third-order valence-electron chi connectivity index (χ3n) is 4.45. The van der Waals surface area contributed by atoms with Gasteiger partial charge >= 0.3 is 0 Å². The first-order chi connectivity index (χ1) is 12.1. The third-order valence-corrected chi connectivity index (χ3v) is 4.45. The molecule has 0 spiro atoms. The van der Waals surface area contributed by atoms with Gasteiger partial charge in [-0.2, -0.15) is 0 Å². The Kier molecular flexibility index (Phi) is 12.5. The number of hydrogen-bond donors (Lipinski definition) is 3. The van der Waals surface area contributed by atoms with Crippen molar-refractivity contribution in [1.82, 2.24) is 10.6 Å². The Balaban J connectivity index is 3.75. The summed E-state index contributed by atoms with van der Waals surface area (Å²) in [5.41, 5.74) is 5.33. The summed E-state index contributed by atoms with van der Waals surface area (Å²) >= 11 is 0. The van der Waals surface area contributed by atoms with Gasteiger partial charge in [-0.3, -0.25) is 9.59 Å². The molecule has 26 heavy (non-hydrogen) atoms. The van der Waals surface area contributed by atoms with Crippen molar-refractivity contribution in [3.63, 3.8) is 0 Å². The minimum atomic E-state index is -0.165. The molecular weight excluding hydrogens is 330 g/mol. The molecule has 0 atom stereocenters. The summed E-state index contributed by atoms with van der Waals surface area (Å²) in [7, 11) is 0. The average Bonchev–Trinajstić information content (AvgIpc) is 2.53. The summed E-state index contributed by atoms with van der Waals surface area (Å²) in [6.07, 6.45) is 4.73. The van der Waals surface area contributed by atoms with Crippen LogP contribution in [0.1, 0.15) is 73.1 Å². The summed E-state index contributed by atoms with van der Waals surface area (Å²) in [6.45, 7) is 13.7. The molecule has 0 aromatic heterocycles. The van der Waals surface area contributed by atoms with Crippen LogP contribution >= 0.6 is 0 Å². The minimum Gasteiger partial charge on any atom is -0.380 e. The molecule has 0 radical (unpaired) electrons. The molecule has 0 rings (SSSR count). The Hall–Kier alpha value is -1.14. The van der Waals surface area contributed by atoms with Gasteiger partial charge in [0.05, 0.1) is 13.2 Å². The van der Waals surface area contributed by atoms with Crippen molar-refractivity contribution in [1.29, 1.82) is 0 Å². The number of ether oxygens (including phenoxy) is 1. The summed E-state index contributed by atoms with van der Waals surface area (Å²) in [5, 5.41) is 5.81. The van der Waals surface area contributed by atoms with Crippen LogP contribution in [0, 0.1) is 10.8 Å². The molecular formula is C20H41N3O3. The van der Waals surface area contributed by atoms with Gasteiger partial charge in [-0.1, -0.05) is 34.6 Å². The molecule has 0 bridgehead atoms. The van der Waals surface area contributed by atoms with Crippen LogP contribution in [0.15, 0.2) is 0 Å². The fourth-order valence-electron chi connectivity index (χ4n) is 2.36. The molecule has 0 saturated heterocycles. The smallest absolute Gasteiger partial charge is 0.221 e. The zero-order valence-corrected chi connectivity index (χ0v) is 17.6. The van der Waals surface area contributed by atoms with E-state index in [-0.39, 0.29) is 22.6 Å². The maximum absolute atomic E-state index is 12.1. The SMILES string of the molecule is CCC(C)(C)COCC(C)(C)CC(=O)NCCCCCNC(=O)CCN. The van der Waals surface area contributed by atoms with Gasteiger partial charge < -0.3 is 21.1 Å². The summed E-state index contributed by atoms with van der Waals surface area (Å²) in [6, 6.07) is 0. The first-order valence-electron chi connectivity index (χ1n) is 9.93. The first-order valence-corrected chi connectivity index (χ1v) is 9.93. The molecule has 0 aromatic carbocycles. The van der Waals surface area contributed by atoms with E-state index in [2.05, 4.69) is 45.3 Å². The van der Waals surface area contributed by atoms with E-state index in [9.17, 15) is 9.59 Å². The zero-order valence-electron chi connectivity index (χ0n) is 17.6. The van der Waals surface area contributed by atoms with E-state index in [1.807, 2.05) is 0 Å². The molecule has 0 heterocycles. The van der Waals surface area contributed by atoms with Crippen LogP contribution in [0.2, 0.25) is 0 Å². The van der Waals surface area contributed by atoms with Crippen LogP contribution in [0.3, 0.4) is 0 Å². The fraction of sp³-hybridized carbons (Fsp3) is 0.900. The molecule has 6 nitrogen and oxygen atoms in total. The van der Waals surface area contributed by atoms with Crippen LogP contribution in [0.5, 0.6) is 0 Å². The average molecular weight is 372 g/mol. The Bertz CT molecular complexity index is 409. The number of carbonyl (C=O) groups is 2.